The molecule has 114 valence electrons. The highest BCUT2D eigenvalue weighted by molar-refractivity contribution is 7.96. The first kappa shape index (κ1) is 14.4. The second kappa shape index (κ2) is 4.73. The largest absolute Gasteiger partial charge is 0.464 e. The number of rotatable bonds is 1. The van der Waals surface area contributed by atoms with Crippen LogP contribution in [0.25, 0.3) is 0 Å². The van der Waals surface area contributed by atoms with E-state index in [0.717, 1.165) is 7.11 Å². The van der Waals surface area contributed by atoms with Crippen LogP contribution in [0.5, 0.6) is 0 Å². The Morgan fingerprint density at radius 1 is 1.27 bits per heavy atom. The van der Waals surface area contributed by atoms with Crippen molar-refractivity contribution in [2.24, 2.45) is 0 Å². The topological polar surface area (TPSA) is 119 Å². The van der Waals surface area contributed by atoms with E-state index in [1.165, 1.54) is 12.1 Å². The Kier molecular flexibility index (Phi) is 3.10. The van der Waals surface area contributed by atoms with Crippen LogP contribution < -0.4 is 5.32 Å². The number of methoxy groups -OCH3 is 1. The van der Waals surface area contributed by atoms with Gasteiger partial charge in [0.05, 0.1) is 18.4 Å². The van der Waals surface area contributed by atoms with Gasteiger partial charge < -0.3 is 10.1 Å². The molecule has 0 amide bonds. The number of aromatic nitrogens is 1. The van der Waals surface area contributed by atoms with E-state index in [9.17, 15) is 22.8 Å². The van der Waals surface area contributed by atoms with Crippen LogP contribution in [-0.4, -0.2) is 50.3 Å². The molecule has 2 heterocycles. The van der Waals surface area contributed by atoms with Crippen LogP contribution >= 0.6 is 0 Å². The average molecular weight is 322 g/mol. The van der Waals surface area contributed by atoms with Gasteiger partial charge in [-0.2, -0.15) is 0 Å². The van der Waals surface area contributed by atoms with Gasteiger partial charge in [-0.1, -0.05) is 0 Å². The predicted molar refractivity (Wildman–Crippen MR) is 73.1 cm³/mol. The number of hydrogen-bond acceptors (Lipinski definition) is 8. The maximum absolute atomic E-state index is 12.4. The first-order chi connectivity index (χ1) is 10.4. The Labute approximate surface area is 125 Å². The summed E-state index contributed by atoms with van der Waals surface area (Å²) in [6.07, 6.45) is 0. The summed E-state index contributed by atoms with van der Waals surface area (Å²) in [5.41, 5.74) is -0.788. The van der Waals surface area contributed by atoms with Gasteiger partial charge >= 0.3 is 5.97 Å². The highest BCUT2D eigenvalue weighted by Gasteiger charge is 2.42. The second-order valence-corrected chi connectivity index (χ2v) is 6.74. The number of nitrogens with zero attached hydrogens (tertiary/aromatic N) is 1. The summed E-state index contributed by atoms with van der Waals surface area (Å²) < 4.78 is 28.6. The lowest BCUT2D eigenvalue weighted by atomic mass is 9.96. The normalized spacial score (nSPS) is 19.1. The molecule has 0 fully saturated rings. The molecule has 9 heteroatoms. The number of ether oxygens (including phenoxy) is 1. The van der Waals surface area contributed by atoms with Crippen LogP contribution in [-0.2, 0) is 14.6 Å². The minimum Gasteiger partial charge on any atom is -0.464 e. The van der Waals surface area contributed by atoms with Crippen molar-refractivity contribution in [3.05, 3.63) is 39.7 Å². The summed E-state index contributed by atoms with van der Waals surface area (Å²) in [7, 11) is -2.71. The maximum atomic E-state index is 12.4. The Morgan fingerprint density at radius 3 is 2.68 bits per heavy atom. The first-order valence-electron chi connectivity index (χ1n) is 6.26. The summed E-state index contributed by atoms with van der Waals surface area (Å²) in [6, 6.07) is 2.51. The highest BCUT2D eigenvalue weighted by Crippen LogP contribution is 2.29. The molecule has 22 heavy (non-hydrogen) atoms. The molecule has 0 unspecified atom stereocenters. The molecule has 1 N–H and O–H groups in total. The lowest BCUT2D eigenvalue weighted by Gasteiger charge is -2.24. The molecular formula is C13H10N2O6S. The van der Waals surface area contributed by atoms with Crippen molar-refractivity contribution >= 4 is 27.4 Å². The summed E-state index contributed by atoms with van der Waals surface area (Å²) in [6.45, 7) is 0.0587. The zero-order chi connectivity index (χ0) is 16.1. The molecular weight excluding hydrogens is 312 g/mol. The number of Topliss-reactive ketones (excluding diaryl/α,β-unsaturated/α-hetero) is 2. The Morgan fingerprint density at radius 2 is 2.00 bits per heavy atom. The number of carbonyl (C=O) groups excluding carboxylic acids is 3. The van der Waals surface area contributed by atoms with E-state index < -0.39 is 32.3 Å². The van der Waals surface area contributed by atoms with Crippen LogP contribution in [0, 0.1) is 0 Å². The Hall–Kier alpha value is -2.55. The van der Waals surface area contributed by atoms with Crippen molar-refractivity contribution in [2.75, 3.05) is 19.4 Å². The fraction of sp³-hybridized carbons (Fsp3) is 0.231. The third-order valence-electron chi connectivity index (χ3n) is 3.39. The lowest BCUT2D eigenvalue weighted by Crippen LogP contribution is -2.41. The number of ketones is 2. The van der Waals surface area contributed by atoms with E-state index in [-0.39, 0.29) is 34.9 Å². The van der Waals surface area contributed by atoms with Gasteiger partial charge in [-0.15, -0.1) is 0 Å². The molecule has 1 aromatic rings. The molecule has 0 atom stereocenters. The van der Waals surface area contributed by atoms with E-state index in [1.807, 2.05) is 0 Å². The molecule has 0 spiro atoms. The van der Waals surface area contributed by atoms with Gasteiger partial charge in [0.15, 0.2) is 9.84 Å². The molecule has 0 saturated heterocycles. The second-order valence-electron chi connectivity index (χ2n) is 4.69. The number of carbonyl (C=O) groups is 3. The average Bonchev–Trinajstić information content (AvgIpc) is 2.50. The van der Waals surface area contributed by atoms with Crippen molar-refractivity contribution in [1.29, 1.82) is 0 Å². The third-order valence-corrected chi connectivity index (χ3v) is 5.15. The zero-order valence-corrected chi connectivity index (χ0v) is 12.2. The number of nitrogens with one attached hydrogen (secondary N) is 1. The number of pyridine rings is 1. The molecule has 1 aliphatic carbocycles. The van der Waals surface area contributed by atoms with Crippen LogP contribution in [0.4, 0.5) is 0 Å². The van der Waals surface area contributed by atoms with Crippen LogP contribution in [0.2, 0.25) is 0 Å². The van der Waals surface area contributed by atoms with Crippen molar-refractivity contribution in [1.82, 2.24) is 10.3 Å². The van der Waals surface area contributed by atoms with E-state index in [4.69, 9.17) is 0 Å². The molecule has 3 rings (SSSR count). The molecule has 0 saturated carbocycles. The predicted octanol–water partition coefficient (Wildman–Crippen LogP) is -0.523. The minimum atomic E-state index is -3.86. The van der Waals surface area contributed by atoms with Gasteiger partial charge in [0.1, 0.15) is 22.0 Å². The number of esters is 1. The summed E-state index contributed by atoms with van der Waals surface area (Å²) >= 11 is 0. The minimum absolute atomic E-state index is 0.0407. The molecule has 2 aliphatic rings. The van der Waals surface area contributed by atoms with Gasteiger partial charge in [0.25, 0.3) is 0 Å². The van der Waals surface area contributed by atoms with Gasteiger partial charge in [0, 0.05) is 6.54 Å². The van der Waals surface area contributed by atoms with Crippen LogP contribution in [0.3, 0.4) is 0 Å². The number of hydrogen-bond donors (Lipinski definition) is 1. The smallest absolute Gasteiger partial charge is 0.356 e. The fourth-order valence-corrected chi connectivity index (χ4v) is 3.79. The summed E-state index contributed by atoms with van der Waals surface area (Å²) in [5.74, 6) is -2.58. The van der Waals surface area contributed by atoms with Crippen LogP contribution in [0.15, 0.2) is 22.7 Å². The standard InChI is InChI=1S/C13H10N2O6S/c1-21-13(18)7-3-2-6-8(15-7)11(17)12-9(10(6)16)14-4-5-22(12,19)20/h2-3,14H,4-5H2,1H3. The Balaban J connectivity index is 2.23. The van der Waals surface area contributed by atoms with Crippen LogP contribution in [0.1, 0.15) is 31.3 Å². The number of fused-ring (bicyclic) bond motifs is 1. The molecule has 0 radical (unpaired) electrons. The Bertz CT molecular complexity index is 869. The van der Waals surface area contributed by atoms with E-state index in [2.05, 4.69) is 15.0 Å². The summed E-state index contributed by atoms with van der Waals surface area (Å²) in [5, 5.41) is 2.66. The van der Waals surface area contributed by atoms with E-state index >= 15 is 0 Å². The quantitative estimate of drug-likeness (QED) is 0.686. The number of allylic oxidation sites excluding steroid dienone is 2. The van der Waals surface area contributed by atoms with Gasteiger partial charge in [0.2, 0.25) is 11.6 Å². The molecule has 1 aliphatic heterocycles. The van der Waals surface area contributed by atoms with Crippen molar-refractivity contribution < 1.29 is 27.5 Å². The first-order valence-corrected chi connectivity index (χ1v) is 7.91. The highest BCUT2D eigenvalue weighted by atomic mass is 32.2. The molecule has 0 bridgehead atoms. The fourth-order valence-electron chi connectivity index (χ4n) is 2.36. The van der Waals surface area contributed by atoms with E-state index in [1.54, 1.807) is 0 Å². The molecule has 8 nitrogen and oxygen atoms in total. The number of sulfone groups is 1. The zero-order valence-electron chi connectivity index (χ0n) is 11.4. The third kappa shape index (κ3) is 1.93. The van der Waals surface area contributed by atoms with Gasteiger partial charge in [-0.25, -0.2) is 18.2 Å². The van der Waals surface area contributed by atoms with Crippen molar-refractivity contribution in [2.45, 2.75) is 0 Å². The molecule has 0 aromatic carbocycles. The SMILES string of the molecule is COC(=O)c1ccc2c(n1)C(=O)C1=C(NCCS1(=O)=O)C2=O. The van der Waals surface area contributed by atoms with Gasteiger partial charge in [-0.05, 0) is 12.1 Å². The van der Waals surface area contributed by atoms with Crippen molar-refractivity contribution in [3.63, 3.8) is 0 Å². The monoisotopic (exact) mass is 322 g/mol. The molecule has 1 aromatic heterocycles. The van der Waals surface area contributed by atoms with Crippen molar-refractivity contribution in [3.8, 4) is 0 Å². The van der Waals surface area contributed by atoms with Gasteiger partial charge in [-0.3, -0.25) is 9.59 Å². The lowest BCUT2D eigenvalue weighted by molar-refractivity contribution is 0.0593. The summed E-state index contributed by atoms with van der Waals surface area (Å²) in [4.78, 5) is 39.5. The maximum Gasteiger partial charge on any atom is 0.356 e. The van der Waals surface area contributed by atoms with E-state index in [0.29, 0.717) is 0 Å².